The Hall–Kier alpha value is -4.40. The summed E-state index contributed by atoms with van der Waals surface area (Å²) in [6, 6.07) is 5.86. The lowest BCUT2D eigenvalue weighted by Gasteiger charge is -2.14. The standard InChI is InChI=1S/C25H24O9/c1-6-19(26)17-11-21(28)15(9-22(17)34-24(30)14(4)5)12-32-25(31)18-10-16(7-8-20(18)27)33-23(29)13(2)3/h7-11,27-28H,2,4,6,12H2,1,3,5H3. The largest absolute Gasteiger partial charge is 0.508 e. The Bertz CT molecular complexity index is 1190. The second-order valence-corrected chi connectivity index (χ2v) is 7.35. The molecule has 2 N–H and O–H groups in total. The van der Waals surface area contributed by atoms with Crippen LogP contribution in [0.25, 0.3) is 0 Å². The van der Waals surface area contributed by atoms with Crippen LogP contribution >= 0.6 is 0 Å². The summed E-state index contributed by atoms with van der Waals surface area (Å²) in [6.45, 7) is 10.9. The molecule has 0 atom stereocenters. The Kier molecular flexibility index (Phi) is 8.33. The zero-order chi connectivity index (χ0) is 25.6. The highest BCUT2D eigenvalue weighted by atomic mass is 16.5. The van der Waals surface area contributed by atoms with Crippen molar-refractivity contribution in [3.8, 4) is 23.0 Å². The quantitative estimate of drug-likeness (QED) is 0.242. The number of phenolic OH excluding ortho intramolecular Hbond substituents is 2. The minimum Gasteiger partial charge on any atom is -0.508 e. The van der Waals surface area contributed by atoms with E-state index in [2.05, 4.69) is 13.2 Å². The van der Waals surface area contributed by atoms with Crippen LogP contribution in [0, 0.1) is 0 Å². The van der Waals surface area contributed by atoms with Crippen LogP contribution in [0.3, 0.4) is 0 Å². The summed E-state index contributed by atoms with van der Waals surface area (Å²) in [5.41, 5.74) is -0.0399. The Morgan fingerprint density at radius 2 is 1.47 bits per heavy atom. The molecule has 0 amide bonds. The number of hydrogen-bond donors (Lipinski definition) is 2. The van der Waals surface area contributed by atoms with Gasteiger partial charge in [0.2, 0.25) is 0 Å². The lowest BCUT2D eigenvalue weighted by molar-refractivity contribution is -0.130. The maximum absolute atomic E-state index is 12.5. The Labute approximate surface area is 195 Å². The van der Waals surface area contributed by atoms with Gasteiger partial charge >= 0.3 is 17.9 Å². The van der Waals surface area contributed by atoms with E-state index in [1.165, 1.54) is 26.0 Å². The van der Waals surface area contributed by atoms with E-state index in [-0.39, 0.29) is 57.3 Å². The first-order valence-electron chi connectivity index (χ1n) is 10.1. The molecule has 2 rings (SSSR count). The number of Topliss-reactive ketones (excluding diaryl/α,β-unsaturated/α-hetero) is 1. The van der Waals surface area contributed by atoms with E-state index in [4.69, 9.17) is 14.2 Å². The fraction of sp³-hybridized carbons (Fsp3) is 0.200. The topological polar surface area (TPSA) is 136 Å². The van der Waals surface area contributed by atoms with Crippen molar-refractivity contribution in [1.82, 2.24) is 0 Å². The summed E-state index contributed by atoms with van der Waals surface area (Å²) in [7, 11) is 0. The van der Waals surface area contributed by atoms with E-state index in [1.54, 1.807) is 6.92 Å². The molecule has 0 aliphatic rings. The molecule has 0 radical (unpaired) electrons. The van der Waals surface area contributed by atoms with Crippen LogP contribution in [0.15, 0.2) is 54.6 Å². The Balaban J connectivity index is 2.29. The third kappa shape index (κ3) is 6.32. The fourth-order valence-electron chi connectivity index (χ4n) is 2.56. The molecule has 0 unspecified atom stereocenters. The molecule has 178 valence electrons. The van der Waals surface area contributed by atoms with Gasteiger partial charge in [0.1, 0.15) is 35.2 Å². The van der Waals surface area contributed by atoms with E-state index in [0.29, 0.717) is 0 Å². The lowest BCUT2D eigenvalue weighted by atomic mass is 10.0. The average Bonchev–Trinajstić information content (AvgIpc) is 2.79. The Morgan fingerprint density at radius 3 is 2.06 bits per heavy atom. The molecule has 0 fully saturated rings. The number of hydrogen-bond acceptors (Lipinski definition) is 9. The third-order valence-electron chi connectivity index (χ3n) is 4.46. The molecular formula is C25H24O9. The zero-order valence-corrected chi connectivity index (χ0v) is 19.0. The van der Waals surface area contributed by atoms with Crippen LogP contribution in [0.2, 0.25) is 0 Å². The highest BCUT2D eigenvalue weighted by Crippen LogP contribution is 2.31. The molecule has 2 aromatic carbocycles. The maximum atomic E-state index is 12.5. The molecule has 9 heteroatoms. The van der Waals surface area contributed by atoms with E-state index >= 15 is 0 Å². The average molecular weight is 468 g/mol. The number of rotatable bonds is 9. The minimum atomic E-state index is -0.987. The monoisotopic (exact) mass is 468 g/mol. The number of esters is 3. The van der Waals surface area contributed by atoms with Gasteiger partial charge < -0.3 is 24.4 Å². The molecular weight excluding hydrogens is 444 g/mol. The van der Waals surface area contributed by atoms with Gasteiger partial charge in [0, 0.05) is 23.1 Å². The van der Waals surface area contributed by atoms with Gasteiger partial charge in [-0.2, -0.15) is 0 Å². The Morgan fingerprint density at radius 1 is 0.853 bits per heavy atom. The first-order valence-corrected chi connectivity index (χ1v) is 10.1. The van der Waals surface area contributed by atoms with Crippen LogP contribution in [0.1, 0.15) is 53.5 Å². The van der Waals surface area contributed by atoms with Crippen LogP contribution in [0.5, 0.6) is 23.0 Å². The van der Waals surface area contributed by atoms with Crippen molar-refractivity contribution in [3.05, 3.63) is 71.3 Å². The second-order valence-electron chi connectivity index (χ2n) is 7.35. The van der Waals surface area contributed by atoms with Gasteiger partial charge in [-0.05, 0) is 44.2 Å². The lowest BCUT2D eigenvalue weighted by Crippen LogP contribution is -2.13. The normalized spacial score (nSPS) is 10.2. The molecule has 0 heterocycles. The van der Waals surface area contributed by atoms with Gasteiger partial charge in [-0.1, -0.05) is 20.1 Å². The fourth-order valence-corrected chi connectivity index (χ4v) is 2.56. The second kappa shape index (κ2) is 11.0. The van der Waals surface area contributed by atoms with Gasteiger partial charge in [0.15, 0.2) is 5.78 Å². The number of carbonyl (C=O) groups is 4. The van der Waals surface area contributed by atoms with Gasteiger partial charge in [-0.3, -0.25) is 4.79 Å². The van der Waals surface area contributed by atoms with E-state index in [0.717, 1.165) is 18.2 Å². The minimum absolute atomic E-state index is 0.0166. The number of benzene rings is 2. The molecule has 9 nitrogen and oxygen atoms in total. The van der Waals surface area contributed by atoms with Gasteiger partial charge in [-0.25, -0.2) is 14.4 Å². The highest BCUT2D eigenvalue weighted by molar-refractivity contribution is 6.00. The van der Waals surface area contributed by atoms with Crippen molar-refractivity contribution in [3.63, 3.8) is 0 Å². The first-order chi connectivity index (χ1) is 15.9. The van der Waals surface area contributed by atoms with E-state index < -0.39 is 30.3 Å². The summed E-state index contributed by atoms with van der Waals surface area (Å²) in [5, 5.41) is 20.3. The molecule has 0 saturated carbocycles. The predicted molar refractivity (Wildman–Crippen MR) is 121 cm³/mol. The van der Waals surface area contributed by atoms with Crippen molar-refractivity contribution in [2.75, 3.05) is 0 Å². The smallest absolute Gasteiger partial charge is 0.342 e. The van der Waals surface area contributed by atoms with E-state index in [9.17, 15) is 29.4 Å². The van der Waals surface area contributed by atoms with Crippen LogP contribution < -0.4 is 9.47 Å². The van der Waals surface area contributed by atoms with Crippen molar-refractivity contribution in [2.45, 2.75) is 33.8 Å². The molecule has 0 aromatic heterocycles. The van der Waals surface area contributed by atoms with Crippen molar-refractivity contribution in [1.29, 1.82) is 0 Å². The van der Waals surface area contributed by atoms with Gasteiger partial charge in [-0.15, -0.1) is 0 Å². The summed E-state index contributed by atoms with van der Waals surface area (Å²) >= 11 is 0. The van der Waals surface area contributed by atoms with Crippen LogP contribution in [-0.4, -0.2) is 33.9 Å². The third-order valence-corrected chi connectivity index (χ3v) is 4.46. The maximum Gasteiger partial charge on any atom is 0.342 e. The summed E-state index contributed by atoms with van der Waals surface area (Å²) < 4.78 is 15.4. The van der Waals surface area contributed by atoms with Gasteiger partial charge in [0.05, 0.1) is 5.56 Å². The molecule has 0 saturated heterocycles. The van der Waals surface area contributed by atoms with Crippen LogP contribution in [0.4, 0.5) is 0 Å². The first kappa shape index (κ1) is 25.9. The summed E-state index contributed by atoms with van der Waals surface area (Å²) in [4.78, 5) is 48.4. The van der Waals surface area contributed by atoms with Crippen molar-refractivity contribution < 1.29 is 43.6 Å². The molecule has 0 spiro atoms. The molecule has 2 aromatic rings. The van der Waals surface area contributed by atoms with Gasteiger partial charge in [0.25, 0.3) is 0 Å². The van der Waals surface area contributed by atoms with Crippen LogP contribution in [-0.2, 0) is 20.9 Å². The number of ether oxygens (including phenoxy) is 3. The van der Waals surface area contributed by atoms with Crippen molar-refractivity contribution in [2.24, 2.45) is 0 Å². The number of carbonyl (C=O) groups excluding carboxylic acids is 4. The number of phenols is 2. The van der Waals surface area contributed by atoms with E-state index in [1.807, 2.05) is 0 Å². The predicted octanol–water partition coefficient (Wildman–Crippen LogP) is 4.01. The molecule has 0 aliphatic heterocycles. The SMILES string of the molecule is C=C(C)C(=O)Oc1ccc(O)c(C(=O)OCc2cc(OC(=O)C(=C)C)c(C(=O)CC)cc2O)c1. The highest BCUT2D eigenvalue weighted by Gasteiger charge is 2.21. The zero-order valence-electron chi connectivity index (χ0n) is 19.0. The summed E-state index contributed by atoms with van der Waals surface area (Å²) in [6.07, 6.45) is 0.0942. The molecule has 0 bridgehead atoms. The van der Waals surface area contributed by atoms with Crippen molar-refractivity contribution >= 4 is 23.7 Å². The summed E-state index contributed by atoms with van der Waals surface area (Å²) in [5.74, 6) is -3.79. The number of ketones is 1. The molecule has 34 heavy (non-hydrogen) atoms. The molecule has 0 aliphatic carbocycles. The number of aromatic hydroxyl groups is 2.